The molecular weight excluding hydrogens is 276 g/mol. The fourth-order valence-electron chi connectivity index (χ4n) is 2.91. The third-order valence-electron chi connectivity index (χ3n) is 4.14. The summed E-state index contributed by atoms with van der Waals surface area (Å²) in [5, 5.41) is 6.56. The smallest absolute Gasteiger partial charge is 0.255 e. The van der Waals surface area contributed by atoms with Crippen LogP contribution in [0, 0.1) is 0 Å². The number of para-hydroxylation sites is 1. The number of carbonyl (C=O) groups excluding carboxylic acids is 1. The summed E-state index contributed by atoms with van der Waals surface area (Å²) in [6.07, 6.45) is 0. The molecule has 2 aromatic rings. The summed E-state index contributed by atoms with van der Waals surface area (Å²) in [5.74, 6) is 0.470. The molecule has 2 atom stereocenters. The van der Waals surface area contributed by atoms with Crippen LogP contribution in [0.15, 0.2) is 48.5 Å². The second kappa shape index (κ2) is 6.20. The summed E-state index contributed by atoms with van der Waals surface area (Å²) in [6, 6.07) is 15.6. The van der Waals surface area contributed by atoms with Crippen molar-refractivity contribution in [1.82, 2.24) is 10.6 Å². The van der Waals surface area contributed by atoms with Gasteiger partial charge in [0.15, 0.2) is 0 Å². The minimum absolute atomic E-state index is 0.0534. The Balaban J connectivity index is 1.88. The van der Waals surface area contributed by atoms with Crippen molar-refractivity contribution < 1.29 is 9.53 Å². The maximum absolute atomic E-state index is 12.6. The molecule has 114 valence electrons. The number of rotatable bonds is 3. The van der Waals surface area contributed by atoms with Gasteiger partial charge in [0.25, 0.3) is 5.91 Å². The van der Waals surface area contributed by atoms with E-state index < -0.39 is 0 Å². The molecule has 22 heavy (non-hydrogen) atoms. The molecule has 0 radical (unpaired) electrons. The Bertz CT molecular complexity index is 684. The first-order valence-corrected chi connectivity index (χ1v) is 7.46. The number of ether oxygens (including phenoxy) is 1. The topological polar surface area (TPSA) is 50.4 Å². The second-order valence-corrected chi connectivity index (χ2v) is 5.52. The quantitative estimate of drug-likeness (QED) is 0.915. The fraction of sp³-hybridized carbons (Fsp3) is 0.278. The van der Waals surface area contributed by atoms with Crippen molar-refractivity contribution in [2.45, 2.75) is 25.6 Å². The van der Waals surface area contributed by atoms with Gasteiger partial charge in [-0.05, 0) is 30.2 Å². The lowest BCUT2D eigenvalue weighted by atomic mass is 9.91. The van der Waals surface area contributed by atoms with Gasteiger partial charge >= 0.3 is 0 Å². The first kappa shape index (κ1) is 14.6. The Labute approximate surface area is 130 Å². The van der Waals surface area contributed by atoms with Crippen molar-refractivity contribution in [1.29, 1.82) is 0 Å². The molecule has 0 spiro atoms. The van der Waals surface area contributed by atoms with E-state index >= 15 is 0 Å². The lowest BCUT2D eigenvalue weighted by molar-refractivity contribution is 0.0922. The molecule has 0 saturated carbocycles. The van der Waals surface area contributed by atoms with Crippen LogP contribution in [-0.4, -0.2) is 19.1 Å². The van der Waals surface area contributed by atoms with Gasteiger partial charge in [0.1, 0.15) is 5.75 Å². The van der Waals surface area contributed by atoms with E-state index in [1.807, 2.05) is 24.3 Å². The number of benzene rings is 2. The lowest BCUT2D eigenvalue weighted by Gasteiger charge is -2.33. The molecule has 2 unspecified atom stereocenters. The molecule has 2 aromatic carbocycles. The average molecular weight is 296 g/mol. The van der Waals surface area contributed by atoms with Gasteiger partial charge in [0, 0.05) is 12.6 Å². The average Bonchev–Trinajstić information content (AvgIpc) is 2.57. The zero-order valence-electron chi connectivity index (χ0n) is 12.8. The van der Waals surface area contributed by atoms with E-state index in [9.17, 15) is 4.79 Å². The van der Waals surface area contributed by atoms with Crippen LogP contribution in [0.25, 0.3) is 0 Å². The first-order valence-electron chi connectivity index (χ1n) is 7.46. The maximum atomic E-state index is 12.6. The molecule has 1 amide bonds. The van der Waals surface area contributed by atoms with Gasteiger partial charge in [-0.3, -0.25) is 4.79 Å². The van der Waals surface area contributed by atoms with E-state index in [2.05, 4.69) is 29.7 Å². The molecule has 0 aromatic heterocycles. The highest BCUT2D eigenvalue weighted by molar-refractivity contribution is 5.97. The van der Waals surface area contributed by atoms with Crippen LogP contribution in [-0.2, 0) is 6.54 Å². The number of fused-ring (bicyclic) bond motifs is 1. The Morgan fingerprint density at radius 3 is 2.73 bits per heavy atom. The second-order valence-electron chi connectivity index (χ2n) is 5.52. The largest absolute Gasteiger partial charge is 0.496 e. The fourth-order valence-corrected chi connectivity index (χ4v) is 2.91. The van der Waals surface area contributed by atoms with Crippen molar-refractivity contribution in [3.05, 3.63) is 65.2 Å². The van der Waals surface area contributed by atoms with E-state index in [1.165, 1.54) is 11.1 Å². The minimum Gasteiger partial charge on any atom is -0.496 e. The van der Waals surface area contributed by atoms with Crippen LogP contribution in [0.4, 0.5) is 0 Å². The van der Waals surface area contributed by atoms with Gasteiger partial charge in [-0.25, -0.2) is 0 Å². The van der Waals surface area contributed by atoms with Crippen molar-refractivity contribution in [3.63, 3.8) is 0 Å². The maximum Gasteiger partial charge on any atom is 0.255 e. The number of nitrogens with one attached hydrogen (secondary N) is 2. The molecule has 1 heterocycles. The van der Waals surface area contributed by atoms with E-state index in [1.54, 1.807) is 19.2 Å². The molecule has 2 N–H and O–H groups in total. The van der Waals surface area contributed by atoms with E-state index in [0.29, 0.717) is 11.3 Å². The van der Waals surface area contributed by atoms with E-state index in [4.69, 9.17) is 4.74 Å². The molecule has 0 saturated heterocycles. The van der Waals surface area contributed by atoms with Gasteiger partial charge in [0.2, 0.25) is 0 Å². The third-order valence-corrected chi connectivity index (χ3v) is 4.14. The molecule has 0 bridgehead atoms. The molecule has 0 fully saturated rings. The molecule has 3 rings (SSSR count). The molecule has 4 heteroatoms. The number of hydrogen-bond donors (Lipinski definition) is 2. The zero-order chi connectivity index (χ0) is 15.5. The summed E-state index contributed by atoms with van der Waals surface area (Å²) >= 11 is 0. The Morgan fingerprint density at radius 2 is 1.91 bits per heavy atom. The lowest BCUT2D eigenvalue weighted by Crippen LogP contribution is -2.45. The van der Waals surface area contributed by atoms with E-state index in [0.717, 1.165) is 6.54 Å². The highest BCUT2D eigenvalue weighted by atomic mass is 16.5. The number of carbonyl (C=O) groups is 1. The molecular formula is C18H20N2O2. The van der Waals surface area contributed by atoms with Gasteiger partial charge < -0.3 is 15.4 Å². The molecule has 1 aliphatic rings. The Hall–Kier alpha value is -2.33. The summed E-state index contributed by atoms with van der Waals surface area (Å²) < 4.78 is 5.28. The summed E-state index contributed by atoms with van der Waals surface area (Å²) in [4.78, 5) is 12.6. The molecule has 0 aliphatic carbocycles. The number of amides is 1. The third kappa shape index (κ3) is 2.70. The minimum atomic E-state index is -0.118. The van der Waals surface area contributed by atoms with Gasteiger partial charge in [0.05, 0.1) is 18.7 Å². The predicted octanol–water partition coefficient (Wildman–Crippen LogP) is 2.66. The summed E-state index contributed by atoms with van der Waals surface area (Å²) in [7, 11) is 1.58. The Morgan fingerprint density at radius 1 is 1.18 bits per heavy atom. The number of hydrogen-bond acceptors (Lipinski definition) is 3. The van der Waals surface area contributed by atoms with Crippen molar-refractivity contribution in [3.8, 4) is 5.75 Å². The van der Waals surface area contributed by atoms with Crippen LogP contribution in [0.5, 0.6) is 5.75 Å². The van der Waals surface area contributed by atoms with E-state index in [-0.39, 0.29) is 18.0 Å². The number of methoxy groups -OCH3 is 1. The van der Waals surface area contributed by atoms with Gasteiger partial charge in [-0.2, -0.15) is 0 Å². The van der Waals surface area contributed by atoms with Crippen LogP contribution in [0.2, 0.25) is 0 Å². The van der Waals surface area contributed by atoms with Crippen LogP contribution in [0.1, 0.15) is 34.5 Å². The Kier molecular flexibility index (Phi) is 4.11. The highest BCUT2D eigenvalue weighted by Gasteiger charge is 2.28. The molecule has 4 nitrogen and oxygen atoms in total. The summed E-state index contributed by atoms with van der Waals surface area (Å²) in [6.45, 7) is 2.92. The zero-order valence-corrected chi connectivity index (χ0v) is 12.8. The van der Waals surface area contributed by atoms with Crippen molar-refractivity contribution >= 4 is 5.91 Å². The van der Waals surface area contributed by atoms with Gasteiger partial charge in [-0.15, -0.1) is 0 Å². The van der Waals surface area contributed by atoms with Crippen LogP contribution >= 0.6 is 0 Å². The van der Waals surface area contributed by atoms with Crippen LogP contribution in [0.3, 0.4) is 0 Å². The first-order chi connectivity index (χ1) is 10.7. The van der Waals surface area contributed by atoms with Crippen molar-refractivity contribution in [2.75, 3.05) is 7.11 Å². The van der Waals surface area contributed by atoms with Crippen molar-refractivity contribution in [2.24, 2.45) is 0 Å². The highest BCUT2D eigenvalue weighted by Crippen LogP contribution is 2.27. The standard InChI is InChI=1S/C18H20N2O2/c1-12-17(14-8-4-3-7-13(14)11-19-12)20-18(21)15-9-5-6-10-16(15)22-2/h3-10,12,17,19H,11H2,1-2H3,(H,20,21). The summed E-state index contributed by atoms with van der Waals surface area (Å²) in [5.41, 5.74) is 2.96. The monoisotopic (exact) mass is 296 g/mol. The molecule has 1 aliphatic heterocycles. The normalized spacial score (nSPS) is 20.1. The SMILES string of the molecule is COc1ccccc1C(=O)NC1c2ccccc2CNC1C. The predicted molar refractivity (Wildman–Crippen MR) is 85.9 cm³/mol. The van der Waals surface area contributed by atoms with Crippen LogP contribution < -0.4 is 15.4 Å². The van der Waals surface area contributed by atoms with Gasteiger partial charge in [-0.1, -0.05) is 36.4 Å².